The number of ether oxygens (including phenoxy) is 1. The third-order valence-electron chi connectivity index (χ3n) is 3.37. The second-order valence-corrected chi connectivity index (χ2v) is 8.51. The molecule has 25 heavy (non-hydrogen) atoms. The molecule has 2 aromatic rings. The van der Waals surface area contributed by atoms with Crippen molar-refractivity contribution in [3.8, 4) is 11.4 Å². The summed E-state index contributed by atoms with van der Waals surface area (Å²) in [5.41, 5.74) is -0.557. The number of oxazole rings is 1. The molecule has 0 aliphatic heterocycles. The SMILES string of the molecule is CCSCCOc1cc(-n2c(Cl)c(C(C)(C)C)oc2=O)c(F)cc1Cl. The molecule has 0 atom stereocenters. The van der Waals surface area contributed by atoms with Crippen molar-refractivity contribution in [3.63, 3.8) is 0 Å². The standard InChI is InChI=1S/C17H20Cl2FNO3S/c1-5-25-7-6-23-13-9-12(11(20)8-10(13)18)21-15(19)14(17(2,3)4)24-16(21)22/h8-9H,5-7H2,1-4H3. The van der Waals surface area contributed by atoms with Crippen LogP contribution in [0.4, 0.5) is 4.39 Å². The van der Waals surface area contributed by atoms with E-state index in [1.807, 2.05) is 27.7 Å². The lowest BCUT2D eigenvalue weighted by molar-refractivity contribution is 0.343. The summed E-state index contributed by atoms with van der Waals surface area (Å²) >= 11 is 14.0. The van der Waals surface area contributed by atoms with E-state index in [1.165, 1.54) is 6.07 Å². The van der Waals surface area contributed by atoms with Crippen LogP contribution in [0.25, 0.3) is 5.69 Å². The molecule has 1 aromatic heterocycles. The largest absolute Gasteiger partial charge is 0.491 e. The number of aromatic nitrogens is 1. The van der Waals surface area contributed by atoms with Crippen LogP contribution in [0.3, 0.4) is 0 Å². The zero-order valence-corrected chi connectivity index (χ0v) is 16.8. The summed E-state index contributed by atoms with van der Waals surface area (Å²) in [4.78, 5) is 12.2. The van der Waals surface area contributed by atoms with Gasteiger partial charge in [-0.05, 0) is 11.8 Å². The van der Waals surface area contributed by atoms with E-state index in [0.717, 1.165) is 22.1 Å². The molecule has 0 saturated carbocycles. The zero-order valence-electron chi connectivity index (χ0n) is 14.5. The third kappa shape index (κ3) is 4.54. The highest BCUT2D eigenvalue weighted by Gasteiger charge is 2.28. The van der Waals surface area contributed by atoms with Gasteiger partial charge < -0.3 is 9.15 Å². The van der Waals surface area contributed by atoms with Gasteiger partial charge in [0.25, 0.3) is 0 Å². The molecule has 0 unspecified atom stereocenters. The van der Waals surface area contributed by atoms with E-state index in [1.54, 1.807) is 11.8 Å². The Balaban J connectivity index is 2.46. The first-order valence-electron chi connectivity index (χ1n) is 7.78. The van der Waals surface area contributed by atoms with Crippen molar-refractivity contribution < 1.29 is 13.5 Å². The van der Waals surface area contributed by atoms with Crippen LogP contribution in [0.2, 0.25) is 10.2 Å². The summed E-state index contributed by atoms with van der Waals surface area (Å²) in [6.45, 7) is 8.01. The van der Waals surface area contributed by atoms with Gasteiger partial charge in [0.15, 0.2) is 10.9 Å². The maximum atomic E-state index is 14.4. The Morgan fingerprint density at radius 1 is 1.32 bits per heavy atom. The minimum Gasteiger partial charge on any atom is -0.491 e. The van der Waals surface area contributed by atoms with E-state index in [2.05, 4.69) is 0 Å². The first kappa shape index (κ1) is 20.2. The van der Waals surface area contributed by atoms with Gasteiger partial charge in [-0.2, -0.15) is 11.8 Å². The molecule has 0 amide bonds. The van der Waals surface area contributed by atoms with Crippen LogP contribution in [0.1, 0.15) is 33.5 Å². The molecule has 0 aliphatic carbocycles. The van der Waals surface area contributed by atoms with Crippen molar-refractivity contribution in [2.45, 2.75) is 33.1 Å². The predicted octanol–water partition coefficient (Wildman–Crippen LogP) is 5.31. The topological polar surface area (TPSA) is 44.4 Å². The van der Waals surface area contributed by atoms with E-state index in [-0.39, 0.29) is 27.4 Å². The molecular weight excluding hydrogens is 388 g/mol. The average Bonchev–Trinajstić information content (AvgIpc) is 2.81. The summed E-state index contributed by atoms with van der Waals surface area (Å²) < 4.78 is 26.2. The minimum absolute atomic E-state index is 0.0335. The molecule has 0 N–H and O–H groups in total. The number of benzene rings is 1. The molecule has 0 spiro atoms. The van der Waals surface area contributed by atoms with Crippen molar-refractivity contribution in [1.29, 1.82) is 0 Å². The molecule has 0 bridgehead atoms. The number of nitrogens with zero attached hydrogens (tertiary/aromatic N) is 1. The number of thioether (sulfide) groups is 1. The Kier molecular flexibility index (Phi) is 6.51. The fraction of sp³-hybridized carbons (Fsp3) is 0.471. The average molecular weight is 408 g/mol. The van der Waals surface area contributed by atoms with Crippen LogP contribution >= 0.6 is 35.0 Å². The summed E-state index contributed by atoms with van der Waals surface area (Å²) in [5, 5.41) is 0.165. The normalized spacial score (nSPS) is 11.8. The quantitative estimate of drug-likeness (QED) is 0.608. The van der Waals surface area contributed by atoms with Crippen LogP contribution in [-0.2, 0) is 5.41 Å². The minimum atomic E-state index is -0.761. The van der Waals surface area contributed by atoms with Gasteiger partial charge in [-0.1, -0.05) is 50.9 Å². The van der Waals surface area contributed by atoms with Gasteiger partial charge in [0.05, 0.1) is 17.3 Å². The van der Waals surface area contributed by atoms with Gasteiger partial charge in [-0.3, -0.25) is 0 Å². The van der Waals surface area contributed by atoms with Gasteiger partial charge >= 0.3 is 5.76 Å². The number of hydrogen-bond acceptors (Lipinski definition) is 4. The van der Waals surface area contributed by atoms with Crippen LogP contribution in [0, 0.1) is 5.82 Å². The van der Waals surface area contributed by atoms with Crippen LogP contribution in [-0.4, -0.2) is 22.7 Å². The molecule has 1 aromatic carbocycles. The second kappa shape index (κ2) is 8.06. The lowest BCUT2D eigenvalue weighted by Gasteiger charge is -2.15. The van der Waals surface area contributed by atoms with Crippen LogP contribution in [0.5, 0.6) is 5.75 Å². The van der Waals surface area contributed by atoms with E-state index in [9.17, 15) is 9.18 Å². The van der Waals surface area contributed by atoms with Gasteiger partial charge in [-0.25, -0.2) is 13.8 Å². The molecular formula is C17H20Cl2FNO3S. The Morgan fingerprint density at radius 3 is 2.56 bits per heavy atom. The van der Waals surface area contributed by atoms with E-state index in [4.69, 9.17) is 32.4 Å². The lowest BCUT2D eigenvalue weighted by atomic mass is 9.94. The fourth-order valence-corrected chi connectivity index (χ4v) is 3.36. The number of halogens is 3. The van der Waals surface area contributed by atoms with Crippen molar-refractivity contribution in [2.24, 2.45) is 0 Å². The third-order valence-corrected chi connectivity index (χ3v) is 4.87. The molecule has 2 rings (SSSR count). The van der Waals surface area contributed by atoms with Gasteiger partial charge in [0.2, 0.25) is 0 Å². The Morgan fingerprint density at radius 2 is 2.00 bits per heavy atom. The fourth-order valence-electron chi connectivity index (χ4n) is 2.18. The summed E-state index contributed by atoms with van der Waals surface area (Å²) in [6.07, 6.45) is 0. The Labute approximate surface area is 160 Å². The first-order chi connectivity index (χ1) is 11.7. The van der Waals surface area contributed by atoms with Gasteiger partial charge in [0.1, 0.15) is 11.6 Å². The smallest absolute Gasteiger partial charge is 0.425 e. The Bertz CT molecular complexity index is 811. The number of hydrogen-bond donors (Lipinski definition) is 0. The zero-order chi connectivity index (χ0) is 18.8. The highest BCUT2D eigenvalue weighted by molar-refractivity contribution is 7.99. The first-order valence-corrected chi connectivity index (χ1v) is 9.69. The molecule has 4 nitrogen and oxygen atoms in total. The highest BCUT2D eigenvalue weighted by Crippen LogP contribution is 2.34. The summed E-state index contributed by atoms with van der Waals surface area (Å²) in [5.74, 6) is 0.877. The summed E-state index contributed by atoms with van der Waals surface area (Å²) in [6, 6.07) is 2.47. The molecule has 0 fully saturated rings. The second-order valence-electron chi connectivity index (χ2n) is 6.35. The van der Waals surface area contributed by atoms with Gasteiger partial charge in [-0.15, -0.1) is 0 Å². The maximum absolute atomic E-state index is 14.4. The van der Waals surface area contributed by atoms with Crippen LogP contribution < -0.4 is 10.5 Å². The van der Waals surface area contributed by atoms with Crippen molar-refractivity contribution in [3.05, 3.63) is 44.4 Å². The summed E-state index contributed by atoms with van der Waals surface area (Å²) in [7, 11) is 0. The van der Waals surface area contributed by atoms with Crippen molar-refractivity contribution in [1.82, 2.24) is 4.57 Å². The molecule has 0 aliphatic rings. The van der Waals surface area contributed by atoms with E-state index < -0.39 is 17.0 Å². The number of rotatable bonds is 6. The molecule has 138 valence electrons. The van der Waals surface area contributed by atoms with Gasteiger partial charge in [0, 0.05) is 17.2 Å². The molecule has 1 heterocycles. The van der Waals surface area contributed by atoms with Crippen molar-refractivity contribution in [2.75, 3.05) is 18.1 Å². The Hall–Kier alpha value is -1.11. The highest BCUT2D eigenvalue weighted by atomic mass is 35.5. The lowest BCUT2D eigenvalue weighted by Crippen LogP contribution is -2.14. The van der Waals surface area contributed by atoms with Crippen molar-refractivity contribution >= 4 is 35.0 Å². The maximum Gasteiger partial charge on any atom is 0.425 e. The van der Waals surface area contributed by atoms with Crippen LogP contribution in [0.15, 0.2) is 21.3 Å². The predicted molar refractivity (Wildman–Crippen MR) is 101 cm³/mol. The molecule has 0 saturated heterocycles. The molecule has 0 radical (unpaired) electrons. The van der Waals surface area contributed by atoms with E-state index >= 15 is 0 Å². The van der Waals surface area contributed by atoms with E-state index in [0.29, 0.717) is 6.61 Å². The monoisotopic (exact) mass is 407 g/mol. The molecule has 8 heteroatoms.